The molecule has 3 N–H and O–H groups in total. The van der Waals surface area contributed by atoms with Gasteiger partial charge in [0.05, 0.1) is 7.11 Å². The lowest BCUT2D eigenvalue weighted by Crippen LogP contribution is -2.14. The Hall–Kier alpha value is -1.22. The van der Waals surface area contributed by atoms with Crippen LogP contribution < -0.4 is 10.5 Å². The molecule has 1 aliphatic rings. The maximum absolute atomic E-state index is 9.38. The second-order valence-electron chi connectivity index (χ2n) is 4.20. The van der Waals surface area contributed by atoms with E-state index >= 15 is 0 Å². The first-order chi connectivity index (χ1) is 7.22. The van der Waals surface area contributed by atoms with E-state index in [0.29, 0.717) is 6.54 Å². The number of hydrogen-bond acceptors (Lipinski definition) is 3. The maximum atomic E-state index is 9.38. The normalized spacial score (nSPS) is 17.5. The van der Waals surface area contributed by atoms with E-state index in [2.05, 4.69) is 0 Å². The van der Waals surface area contributed by atoms with Crippen molar-refractivity contribution in [2.24, 2.45) is 5.73 Å². The molecule has 1 fully saturated rings. The van der Waals surface area contributed by atoms with Gasteiger partial charge in [-0.15, -0.1) is 0 Å². The van der Waals surface area contributed by atoms with E-state index in [1.165, 1.54) is 18.4 Å². The first-order valence-corrected chi connectivity index (χ1v) is 5.29. The van der Waals surface area contributed by atoms with Gasteiger partial charge in [-0.2, -0.15) is 0 Å². The topological polar surface area (TPSA) is 55.5 Å². The SMILES string of the molecule is COc1cc(O)ccc1C1(CCN)CC1. The minimum atomic E-state index is 0.216. The van der Waals surface area contributed by atoms with Crippen LogP contribution in [-0.4, -0.2) is 18.8 Å². The molecule has 2 rings (SSSR count). The largest absolute Gasteiger partial charge is 0.508 e. The molecule has 0 aliphatic heterocycles. The van der Waals surface area contributed by atoms with E-state index < -0.39 is 0 Å². The van der Waals surface area contributed by atoms with Gasteiger partial charge >= 0.3 is 0 Å². The van der Waals surface area contributed by atoms with Gasteiger partial charge in [-0.25, -0.2) is 0 Å². The van der Waals surface area contributed by atoms with E-state index in [4.69, 9.17) is 10.5 Å². The summed E-state index contributed by atoms with van der Waals surface area (Å²) < 4.78 is 5.30. The molecule has 0 unspecified atom stereocenters. The first kappa shape index (κ1) is 10.3. The van der Waals surface area contributed by atoms with Crippen LogP contribution in [0.5, 0.6) is 11.5 Å². The van der Waals surface area contributed by atoms with Crippen molar-refractivity contribution in [3.8, 4) is 11.5 Å². The van der Waals surface area contributed by atoms with Gasteiger partial charge in [-0.05, 0) is 31.9 Å². The van der Waals surface area contributed by atoms with Gasteiger partial charge in [0.2, 0.25) is 0 Å². The highest BCUT2D eigenvalue weighted by atomic mass is 16.5. The zero-order valence-electron chi connectivity index (χ0n) is 8.99. The Balaban J connectivity index is 2.35. The van der Waals surface area contributed by atoms with Crippen molar-refractivity contribution in [3.05, 3.63) is 23.8 Å². The fourth-order valence-electron chi connectivity index (χ4n) is 2.20. The molecule has 0 atom stereocenters. The third kappa shape index (κ3) is 1.79. The molecule has 1 aromatic rings. The average molecular weight is 207 g/mol. The van der Waals surface area contributed by atoms with Crippen LogP contribution in [0.4, 0.5) is 0 Å². The molecule has 82 valence electrons. The quantitative estimate of drug-likeness (QED) is 0.791. The molecule has 1 saturated carbocycles. The molecule has 3 heteroatoms. The Morgan fingerprint density at radius 3 is 2.73 bits per heavy atom. The Bertz CT molecular complexity index is 359. The minimum absolute atomic E-state index is 0.216. The smallest absolute Gasteiger partial charge is 0.126 e. The summed E-state index contributed by atoms with van der Waals surface area (Å²) in [4.78, 5) is 0. The number of phenols is 1. The predicted molar refractivity (Wildman–Crippen MR) is 59.2 cm³/mol. The summed E-state index contributed by atoms with van der Waals surface area (Å²) in [6, 6.07) is 5.34. The van der Waals surface area contributed by atoms with Crippen molar-refractivity contribution >= 4 is 0 Å². The van der Waals surface area contributed by atoms with Crippen molar-refractivity contribution in [3.63, 3.8) is 0 Å². The van der Waals surface area contributed by atoms with Gasteiger partial charge in [0.1, 0.15) is 11.5 Å². The van der Waals surface area contributed by atoms with Gasteiger partial charge < -0.3 is 15.6 Å². The summed E-state index contributed by atoms with van der Waals surface area (Å²) in [6.45, 7) is 0.698. The summed E-state index contributed by atoms with van der Waals surface area (Å²) in [5.41, 5.74) is 7.03. The van der Waals surface area contributed by atoms with Crippen LogP contribution in [0.25, 0.3) is 0 Å². The molecular formula is C12H17NO2. The number of ether oxygens (including phenoxy) is 1. The average Bonchev–Trinajstić information content (AvgIpc) is 2.99. The van der Waals surface area contributed by atoms with Gasteiger partial charge in [-0.3, -0.25) is 0 Å². The first-order valence-electron chi connectivity index (χ1n) is 5.29. The molecule has 1 aromatic carbocycles. The Labute approximate surface area is 89.9 Å². The molecule has 0 amide bonds. The molecule has 0 heterocycles. The van der Waals surface area contributed by atoms with Crippen LogP contribution in [0.3, 0.4) is 0 Å². The van der Waals surface area contributed by atoms with Crippen LogP contribution in [0.15, 0.2) is 18.2 Å². The number of methoxy groups -OCH3 is 1. The standard InChI is InChI=1S/C12H17NO2/c1-15-11-8-9(14)2-3-10(11)12(4-5-12)6-7-13/h2-3,8,14H,4-7,13H2,1H3. The predicted octanol–water partition coefficient (Wildman–Crippen LogP) is 1.78. The van der Waals surface area contributed by atoms with Crippen molar-refractivity contribution < 1.29 is 9.84 Å². The Morgan fingerprint density at radius 1 is 1.47 bits per heavy atom. The summed E-state index contributed by atoms with van der Waals surface area (Å²) in [7, 11) is 1.64. The second-order valence-corrected chi connectivity index (χ2v) is 4.20. The summed E-state index contributed by atoms with van der Waals surface area (Å²) in [5, 5.41) is 9.38. The molecule has 15 heavy (non-hydrogen) atoms. The summed E-state index contributed by atoms with van der Waals surface area (Å²) in [6.07, 6.45) is 3.34. The number of phenolic OH excluding ortho intramolecular Hbond substituents is 1. The van der Waals surface area contributed by atoms with Crippen molar-refractivity contribution in [1.29, 1.82) is 0 Å². The highest BCUT2D eigenvalue weighted by Crippen LogP contribution is 2.53. The van der Waals surface area contributed by atoms with Gasteiger partial charge in [0.25, 0.3) is 0 Å². The number of nitrogens with two attached hydrogens (primary N) is 1. The molecule has 0 aromatic heterocycles. The van der Waals surface area contributed by atoms with E-state index in [-0.39, 0.29) is 11.2 Å². The molecule has 0 saturated heterocycles. The van der Waals surface area contributed by atoms with Gasteiger partial charge in [0, 0.05) is 17.0 Å². The van der Waals surface area contributed by atoms with Crippen molar-refractivity contribution in [2.75, 3.05) is 13.7 Å². The lowest BCUT2D eigenvalue weighted by atomic mass is 9.91. The van der Waals surface area contributed by atoms with E-state index in [1.807, 2.05) is 6.07 Å². The fraction of sp³-hybridized carbons (Fsp3) is 0.500. The lowest BCUT2D eigenvalue weighted by Gasteiger charge is -2.18. The van der Waals surface area contributed by atoms with Crippen LogP contribution in [-0.2, 0) is 5.41 Å². The van der Waals surface area contributed by atoms with Crippen molar-refractivity contribution in [1.82, 2.24) is 0 Å². The molecule has 0 radical (unpaired) electrons. The number of aromatic hydroxyl groups is 1. The highest BCUT2D eigenvalue weighted by molar-refractivity contribution is 5.47. The number of benzene rings is 1. The van der Waals surface area contributed by atoms with Crippen LogP contribution in [0, 0.1) is 0 Å². The van der Waals surface area contributed by atoms with Crippen molar-refractivity contribution in [2.45, 2.75) is 24.7 Å². The fourth-order valence-corrected chi connectivity index (χ4v) is 2.20. The number of rotatable bonds is 4. The lowest BCUT2D eigenvalue weighted by molar-refractivity contribution is 0.395. The van der Waals surface area contributed by atoms with E-state index in [9.17, 15) is 5.11 Å². The van der Waals surface area contributed by atoms with Gasteiger partial charge in [-0.1, -0.05) is 6.07 Å². The zero-order chi connectivity index (χ0) is 10.9. The zero-order valence-corrected chi connectivity index (χ0v) is 8.99. The second kappa shape index (κ2) is 3.74. The molecule has 1 aliphatic carbocycles. The summed E-state index contributed by atoms with van der Waals surface area (Å²) >= 11 is 0. The monoisotopic (exact) mass is 207 g/mol. The Morgan fingerprint density at radius 2 is 2.20 bits per heavy atom. The number of hydrogen-bond donors (Lipinski definition) is 2. The van der Waals surface area contributed by atoms with Crippen LogP contribution in [0.1, 0.15) is 24.8 Å². The molecule has 0 spiro atoms. The Kier molecular flexibility index (Phi) is 2.57. The van der Waals surface area contributed by atoms with Gasteiger partial charge in [0.15, 0.2) is 0 Å². The molecule has 0 bridgehead atoms. The van der Waals surface area contributed by atoms with Crippen LogP contribution in [0.2, 0.25) is 0 Å². The highest BCUT2D eigenvalue weighted by Gasteiger charge is 2.45. The third-order valence-corrected chi connectivity index (χ3v) is 3.23. The minimum Gasteiger partial charge on any atom is -0.508 e. The molecular weight excluding hydrogens is 190 g/mol. The summed E-state index contributed by atoms with van der Waals surface area (Å²) in [5.74, 6) is 1.03. The van der Waals surface area contributed by atoms with E-state index in [0.717, 1.165) is 12.2 Å². The molecule has 3 nitrogen and oxygen atoms in total. The van der Waals surface area contributed by atoms with Crippen LogP contribution >= 0.6 is 0 Å². The third-order valence-electron chi connectivity index (χ3n) is 3.23. The maximum Gasteiger partial charge on any atom is 0.126 e. The van der Waals surface area contributed by atoms with E-state index in [1.54, 1.807) is 19.2 Å².